The summed E-state index contributed by atoms with van der Waals surface area (Å²) in [7, 11) is 1.89. The van der Waals surface area contributed by atoms with Crippen LogP contribution in [0.25, 0.3) is 10.2 Å². The Bertz CT molecular complexity index is 997. The number of imide groups is 1. The number of hydrogen-bond donors (Lipinski definition) is 0. The number of thiazole rings is 1. The van der Waals surface area contributed by atoms with Crippen molar-refractivity contribution in [3.05, 3.63) is 59.1 Å². The fourth-order valence-electron chi connectivity index (χ4n) is 3.41. The molecule has 1 atom stereocenters. The first-order chi connectivity index (χ1) is 13.4. The summed E-state index contributed by atoms with van der Waals surface area (Å²) in [6.45, 7) is 4.58. The Morgan fingerprint density at radius 3 is 2.54 bits per heavy atom. The molecule has 28 heavy (non-hydrogen) atoms. The predicted molar refractivity (Wildman–Crippen MR) is 111 cm³/mol. The number of fused-ring (bicyclic) bond motifs is 1. The highest BCUT2D eigenvalue weighted by Crippen LogP contribution is 2.27. The third kappa shape index (κ3) is 3.39. The lowest BCUT2D eigenvalue weighted by molar-refractivity contribution is -0.128. The first-order valence-electron chi connectivity index (χ1n) is 9.18. The second-order valence-electron chi connectivity index (χ2n) is 7.16. The molecule has 0 bridgehead atoms. The van der Waals surface area contributed by atoms with E-state index in [2.05, 4.69) is 4.98 Å². The normalized spacial score (nSPS) is 17.4. The standard InChI is InChI=1S/C21H22N4O2S/c1-14-8-10-16(11-9-14)25-15(2)20(26)24(21(25)27)13-23(3)12-19-22-17-6-4-5-7-18(17)28-19/h4-11,15H,12-13H2,1-3H3/t15-/m0/s1. The van der Waals surface area contributed by atoms with Gasteiger partial charge in [-0.1, -0.05) is 29.8 Å². The summed E-state index contributed by atoms with van der Waals surface area (Å²) in [5, 5.41) is 0.964. The Labute approximate surface area is 168 Å². The number of carbonyl (C=O) groups is 2. The number of para-hydroxylation sites is 1. The van der Waals surface area contributed by atoms with Gasteiger partial charge >= 0.3 is 6.03 Å². The highest BCUT2D eigenvalue weighted by molar-refractivity contribution is 7.18. The maximum Gasteiger partial charge on any atom is 0.333 e. The Hall–Kier alpha value is -2.77. The third-order valence-corrected chi connectivity index (χ3v) is 5.91. The number of urea groups is 1. The van der Waals surface area contributed by atoms with Gasteiger partial charge in [-0.3, -0.25) is 14.6 Å². The van der Waals surface area contributed by atoms with E-state index in [1.54, 1.807) is 23.2 Å². The SMILES string of the molecule is Cc1ccc(N2C(=O)N(CN(C)Cc3nc4ccccc4s3)C(=O)[C@@H]2C)cc1. The topological polar surface area (TPSA) is 56.8 Å². The van der Waals surface area contributed by atoms with E-state index < -0.39 is 6.04 Å². The molecule has 0 radical (unpaired) electrons. The zero-order valence-corrected chi connectivity index (χ0v) is 16.9. The van der Waals surface area contributed by atoms with Crippen LogP contribution in [0.4, 0.5) is 10.5 Å². The van der Waals surface area contributed by atoms with Gasteiger partial charge in [-0.2, -0.15) is 0 Å². The van der Waals surface area contributed by atoms with E-state index in [4.69, 9.17) is 0 Å². The zero-order chi connectivity index (χ0) is 19.8. The number of nitrogens with zero attached hydrogens (tertiary/aromatic N) is 4. The quantitative estimate of drug-likeness (QED) is 0.617. The minimum atomic E-state index is -0.508. The van der Waals surface area contributed by atoms with Gasteiger partial charge < -0.3 is 0 Å². The number of benzene rings is 2. The molecule has 6 nitrogen and oxygen atoms in total. The number of anilines is 1. The molecular weight excluding hydrogens is 372 g/mol. The van der Waals surface area contributed by atoms with Crippen molar-refractivity contribution in [3.63, 3.8) is 0 Å². The van der Waals surface area contributed by atoms with Crippen LogP contribution in [0.15, 0.2) is 48.5 Å². The lowest BCUT2D eigenvalue weighted by Crippen LogP contribution is -2.40. The highest BCUT2D eigenvalue weighted by atomic mass is 32.1. The van der Waals surface area contributed by atoms with Crippen molar-refractivity contribution in [2.45, 2.75) is 26.4 Å². The molecule has 3 amide bonds. The van der Waals surface area contributed by atoms with Crippen LogP contribution in [0.2, 0.25) is 0 Å². The van der Waals surface area contributed by atoms with Gasteiger partial charge in [-0.15, -0.1) is 11.3 Å². The largest absolute Gasteiger partial charge is 0.333 e. The summed E-state index contributed by atoms with van der Waals surface area (Å²) in [5.41, 5.74) is 2.83. The molecule has 2 aromatic carbocycles. The lowest BCUT2D eigenvalue weighted by Gasteiger charge is -2.22. The van der Waals surface area contributed by atoms with Crippen LogP contribution in [0.3, 0.4) is 0 Å². The molecule has 2 heterocycles. The fourth-order valence-corrected chi connectivity index (χ4v) is 4.45. The van der Waals surface area contributed by atoms with Crippen molar-refractivity contribution in [2.24, 2.45) is 0 Å². The molecule has 1 aliphatic rings. The minimum Gasteiger partial charge on any atom is -0.282 e. The van der Waals surface area contributed by atoms with E-state index in [9.17, 15) is 9.59 Å². The summed E-state index contributed by atoms with van der Waals surface area (Å²) in [6.07, 6.45) is 0. The Morgan fingerprint density at radius 1 is 1.11 bits per heavy atom. The molecule has 1 saturated heterocycles. The van der Waals surface area contributed by atoms with Crippen molar-refractivity contribution < 1.29 is 9.59 Å². The molecule has 7 heteroatoms. The van der Waals surface area contributed by atoms with Crippen molar-refractivity contribution in [1.29, 1.82) is 0 Å². The molecule has 1 aliphatic heterocycles. The van der Waals surface area contributed by atoms with Gasteiger partial charge in [0, 0.05) is 5.69 Å². The summed E-state index contributed by atoms with van der Waals surface area (Å²) in [6, 6.07) is 14.9. The molecule has 1 aromatic heterocycles. The van der Waals surface area contributed by atoms with Crippen molar-refractivity contribution >= 4 is 39.2 Å². The van der Waals surface area contributed by atoms with Crippen LogP contribution in [-0.2, 0) is 11.3 Å². The summed E-state index contributed by atoms with van der Waals surface area (Å²) < 4.78 is 1.14. The molecule has 4 rings (SSSR count). The van der Waals surface area contributed by atoms with E-state index >= 15 is 0 Å². The van der Waals surface area contributed by atoms with Crippen molar-refractivity contribution in [2.75, 3.05) is 18.6 Å². The fraction of sp³-hybridized carbons (Fsp3) is 0.286. The number of amides is 3. The molecule has 1 fully saturated rings. The van der Waals surface area contributed by atoms with E-state index in [1.165, 1.54) is 4.90 Å². The van der Waals surface area contributed by atoms with Gasteiger partial charge in [0.25, 0.3) is 5.91 Å². The molecule has 0 unspecified atom stereocenters. The van der Waals surface area contributed by atoms with E-state index in [0.29, 0.717) is 6.54 Å². The molecule has 144 valence electrons. The monoisotopic (exact) mass is 394 g/mol. The van der Waals surface area contributed by atoms with Crippen LogP contribution < -0.4 is 4.90 Å². The summed E-state index contributed by atoms with van der Waals surface area (Å²) in [4.78, 5) is 35.1. The van der Waals surface area contributed by atoms with Crippen LogP contribution in [0.5, 0.6) is 0 Å². The average Bonchev–Trinajstić information content (AvgIpc) is 3.17. The first kappa shape index (κ1) is 18.6. The van der Waals surface area contributed by atoms with Gasteiger partial charge in [0.05, 0.1) is 23.4 Å². The second-order valence-corrected chi connectivity index (χ2v) is 8.28. The van der Waals surface area contributed by atoms with Crippen molar-refractivity contribution in [3.8, 4) is 0 Å². The molecule has 0 saturated carbocycles. The number of hydrogen-bond acceptors (Lipinski definition) is 5. The molecule has 3 aromatic rings. The number of aromatic nitrogens is 1. The molecular formula is C21H22N4O2S. The smallest absolute Gasteiger partial charge is 0.282 e. The Kier molecular flexibility index (Phi) is 4.87. The van der Waals surface area contributed by atoms with Gasteiger partial charge in [-0.25, -0.2) is 14.7 Å². The average molecular weight is 395 g/mol. The highest BCUT2D eigenvalue weighted by Gasteiger charge is 2.43. The third-order valence-electron chi connectivity index (χ3n) is 4.89. The molecule has 0 aliphatic carbocycles. The van der Waals surface area contributed by atoms with Crippen LogP contribution in [0, 0.1) is 6.92 Å². The molecule has 0 spiro atoms. The predicted octanol–water partition coefficient (Wildman–Crippen LogP) is 3.85. The van der Waals surface area contributed by atoms with Crippen LogP contribution in [0.1, 0.15) is 17.5 Å². The second kappa shape index (κ2) is 7.33. The van der Waals surface area contributed by atoms with Crippen LogP contribution >= 0.6 is 11.3 Å². The van der Waals surface area contributed by atoms with Gasteiger partial charge in [0.1, 0.15) is 11.0 Å². The first-order valence-corrected chi connectivity index (χ1v) is 10.00. The summed E-state index contributed by atoms with van der Waals surface area (Å²) >= 11 is 1.63. The maximum atomic E-state index is 12.9. The summed E-state index contributed by atoms with van der Waals surface area (Å²) in [5.74, 6) is -0.179. The number of aryl methyl sites for hydroxylation is 1. The van der Waals surface area contributed by atoms with E-state index in [1.807, 2.05) is 67.4 Å². The maximum absolute atomic E-state index is 12.9. The van der Waals surface area contributed by atoms with Gasteiger partial charge in [0.2, 0.25) is 0 Å². The van der Waals surface area contributed by atoms with Gasteiger partial charge in [0.15, 0.2) is 0 Å². The van der Waals surface area contributed by atoms with Gasteiger partial charge in [-0.05, 0) is 45.2 Å². The minimum absolute atomic E-state index is 0.179. The Morgan fingerprint density at radius 2 is 1.82 bits per heavy atom. The lowest BCUT2D eigenvalue weighted by atomic mass is 10.2. The van der Waals surface area contributed by atoms with E-state index in [-0.39, 0.29) is 18.6 Å². The molecule has 0 N–H and O–H groups in total. The van der Waals surface area contributed by atoms with Crippen molar-refractivity contribution in [1.82, 2.24) is 14.8 Å². The number of rotatable bonds is 5. The number of carbonyl (C=O) groups excluding carboxylic acids is 2. The zero-order valence-electron chi connectivity index (χ0n) is 16.1. The van der Waals surface area contributed by atoms with Crippen LogP contribution in [-0.4, -0.2) is 46.5 Å². The Balaban J connectivity index is 1.48. The van der Waals surface area contributed by atoms with E-state index in [0.717, 1.165) is 26.5 Å².